The fourth-order valence-corrected chi connectivity index (χ4v) is 3.03. The molecule has 0 radical (unpaired) electrons. The zero-order valence-corrected chi connectivity index (χ0v) is 12.5. The Morgan fingerprint density at radius 3 is 2.78 bits per heavy atom. The van der Waals surface area contributed by atoms with E-state index in [1.807, 2.05) is 0 Å². The van der Waals surface area contributed by atoms with E-state index in [1.54, 1.807) is 0 Å². The Kier molecular flexibility index (Phi) is 6.11. The Hall–Kier alpha value is -0.590. The number of hydrogen-bond donors (Lipinski definition) is 1. The van der Waals surface area contributed by atoms with Crippen LogP contribution in [0.1, 0.15) is 59.3 Å². The maximum absolute atomic E-state index is 9.54. The van der Waals surface area contributed by atoms with Gasteiger partial charge in [0.1, 0.15) is 5.54 Å². The molecule has 0 amide bonds. The van der Waals surface area contributed by atoms with Crippen LogP contribution in [-0.2, 0) is 0 Å². The summed E-state index contributed by atoms with van der Waals surface area (Å²) in [5.74, 6) is 0. The van der Waals surface area contributed by atoms with Crippen LogP contribution in [0, 0.1) is 11.3 Å². The molecule has 18 heavy (non-hydrogen) atoms. The molecule has 0 heterocycles. The number of unbranched alkanes of at least 4 members (excludes halogenated alkanes) is 1. The van der Waals surface area contributed by atoms with Crippen molar-refractivity contribution < 1.29 is 0 Å². The first-order chi connectivity index (χ1) is 8.53. The highest BCUT2D eigenvalue weighted by Gasteiger charge is 2.37. The predicted molar refractivity (Wildman–Crippen MR) is 76.4 cm³/mol. The van der Waals surface area contributed by atoms with E-state index in [0.717, 1.165) is 25.8 Å². The summed E-state index contributed by atoms with van der Waals surface area (Å²) in [5.41, 5.74) is -0.294. The highest BCUT2D eigenvalue weighted by Crippen LogP contribution is 2.31. The normalized spacial score (nSPS) is 28.6. The summed E-state index contributed by atoms with van der Waals surface area (Å²) >= 11 is 0. The Bertz CT molecular complexity index is 282. The first-order valence-electron chi connectivity index (χ1n) is 7.42. The molecule has 1 aliphatic carbocycles. The van der Waals surface area contributed by atoms with Crippen molar-refractivity contribution in [3.05, 3.63) is 0 Å². The molecule has 3 heteroatoms. The van der Waals surface area contributed by atoms with Crippen molar-refractivity contribution >= 4 is 0 Å². The number of nitrogens with zero attached hydrogens (tertiary/aromatic N) is 2. The van der Waals surface area contributed by atoms with Crippen molar-refractivity contribution in [1.82, 2.24) is 10.2 Å². The van der Waals surface area contributed by atoms with Gasteiger partial charge in [0.2, 0.25) is 0 Å². The minimum absolute atomic E-state index is 0.294. The van der Waals surface area contributed by atoms with E-state index < -0.39 is 0 Å². The second-order valence-electron chi connectivity index (χ2n) is 6.08. The average Bonchev–Trinajstić information content (AvgIpc) is 2.35. The van der Waals surface area contributed by atoms with Crippen molar-refractivity contribution in [1.29, 1.82) is 5.26 Å². The molecule has 0 spiro atoms. The lowest BCUT2D eigenvalue weighted by Gasteiger charge is -2.41. The van der Waals surface area contributed by atoms with Crippen LogP contribution in [0.5, 0.6) is 0 Å². The molecule has 1 rings (SSSR count). The number of rotatable bonds is 6. The fourth-order valence-electron chi connectivity index (χ4n) is 3.03. The first-order valence-corrected chi connectivity index (χ1v) is 7.42. The van der Waals surface area contributed by atoms with E-state index in [2.05, 4.69) is 44.1 Å². The lowest BCUT2D eigenvalue weighted by molar-refractivity contribution is 0.138. The summed E-state index contributed by atoms with van der Waals surface area (Å²) in [6, 6.07) is 3.50. The molecule has 3 nitrogen and oxygen atoms in total. The van der Waals surface area contributed by atoms with Crippen LogP contribution in [0.2, 0.25) is 0 Å². The molecule has 1 N–H and O–H groups in total. The van der Waals surface area contributed by atoms with E-state index in [4.69, 9.17) is 0 Å². The molecule has 0 aliphatic heterocycles. The molecule has 0 aromatic carbocycles. The highest BCUT2D eigenvalue weighted by atomic mass is 15.1. The number of hydrogen-bond acceptors (Lipinski definition) is 3. The highest BCUT2D eigenvalue weighted by molar-refractivity contribution is 5.11. The molecule has 2 unspecified atom stereocenters. The van der Waals surface area contributed by atoms with Gasteiger partial charge in [-0.3, -0.25) is 5.32 Å². The van der Waals surface area contributed by atoms with Crippen molar-refractivity contribution in [2.45, 2.75) is 76.9 Å². The lowest BCUT2D eigenvalue weighted by atomic mass is 9.79. The quantitative estimate of drug-likeness (QED) is 0.789. The van der Waals surface area contributed by atoms with Gasteiger partial charge < -0.3 is 4.90 Å². The van der Waals surface area contributed by atoms with Crippen LogP contribution >= 0.6 is 0 Å². The molecule has 0 aromatic heterocycles. The van der Waals surface area contributed by atoms with Crippen molar-refractivity contribution in [2.75, 3.05) is 13.6 Å². The zero-order chi connectivity index (χ0) is 13.6. The van der Waals surface area contributed by atoms with Crippen molar-refractivity contribution in [3.63, 3.8) is 0 Å². The molecule has 0 bridgehead atoms. The second-order valence-corrected chi connectivity index (χ2v) is 6.08. The van der Waals surface area contributed by atoms with Gasteiger partial charge >= 0.3 is 0 Å². The number of nitriles is 1. The van der Waals surface area contributed by atoms with Gasteiger partial charge in [0, 0.05) is 12.1 Å². The van der Waals surface area contributed by atoms with Gasteiger partial charge in [-0.15, -0.1) is 0 Å². The summed E-state index contributed by atoms with van der Waals surface area (Å²) in [6.07, 6.45) is 6.87. The third-order valence-electron chi connectivity index (χ3n) is 3.99. The summed E-state index contributed by atoms with van der Waals surface area (Å²) in [6.45, 7) is 7.64. The van der Waals surface area contributed by atoms with Crippen molar-refractivity contribution in [3.8, 4) is 6.07 Å². The van der Waals surface area contributed by atoms with E-state index in [1.165, 1.54) is 19.3 Å². The third kappa shape index (κ3) is 4.26. The largest absolute Gasteiger partial charge is 0.303 e. The van der Waals surface area contributed by atoms with Crippen LogP contribution < -0.4 is 5.32 Å². The Balaban J connectivity index is 2.61. The maximum Gasteiger partial charge on any atom is 0.108 e. The Morgan fingerprint density at radius 2 is 2.22 bits per heavy atom. The van der Waals surface area contributed by atoms with E-state index in [-0.39, 0.29) is 5.54 Å². The molecular weight excluding hydrogens is 222 g/mol. The van der Waals surface area contributed by atoms with Crippen LogP contribution in [-0.4, -0.2) is 36.1 Å². The van der Waals surface area contributed by atoms with Crippen LogP contribution in [0.25, 0.3) is 0 Å². The number of nitrogens with one attached hydrogen (secondary N) is 1. The summed E-state index contributed by atoms with van der Waals surface area (Å²) in [7, 11) is 2.21. The minimum atomic E-state index is -0.294. The van der Waals surface area contributed by atoms with Crippen molar-refractivity contribution in [2.24, 2.45) is 0 Å². The Labute approximate surface area is 113 Å². The molecule has 0 aromatic rings. The minimum Gasteiger partial charge on any atom is -0.303 e. The first kappa shape index (κ1) is 15.5. The van der Waals surface area contributed by atoms with Gasteiger partial charge in [0.15, 0.2) is 0 Å². The molecule has 2 atom stereocenters. The van der Waals surface area contributed by atoms with Gasteiger partial charge in [0.25, 0.3) is 0 Å². The predicted octanol–water partition coefficient (Wildman–Crippen LogP) is 2.92. The van der Waals surface area contributed by atoms with Gasteiger partial charge in [0.05, 0.1) is 6.07 Å². The lowest BCUT2D eigenvalue weighted by Crippen LogP contribution is -2.54. The van der Waals surface area contributed by atoms with Crippen LogP contribution in [0.15, 0.2) is 0 Å². The van der Waals surface area contributed by atoms with Crippen LogP contribution in [0.4, 0.5) is 0 Å². The molecule has 1 saturated carbocycles. The molecule has 104 valence electrons. The van der Waals surface area contributed by atoms with E-state index in [9.17, 15) is 5.26 Å². The smallest absolute Gasteiger partial charge is 0.108 e. The molecule has 1 aliphatic rings. The third-order valence-corrected chi connectivity index (χ3v) is 3.99. The van der Waals surface area contributed by atoms with Gasteiger partial charge in [-0.2, -0.15) is 5.26 Å². The average molecular weight is 251 g/mol. The van der Waals surface area contributed by atoms with Gasteiger partial charge in [-0.05, 0) is 59.5 Å². The Morgan fingerprint density at radius 1 is 1.50 bits per heavy atom. The summed E-state index contributed by atoms with van der Waals surface area (Å²) in [4.78, 5) is 2.46. The van der Waals surface area contributed by atoms with E-state index in [0.29, 0.717) is 12.1 Å². The standard InChI is InChI=1S/C15H29N3/c1-5-6-10-18(4)14-8-7-9-15(11-14,12-16)17-13(2)3/h13-14,17H,5-11H2,1-4H3. The summed E-state index contributed by atoms with van der Waals surface area (Å²) in [5, 5.41) is 13.0. The fraction of sp³-hybridized carbons (Fsp3) is 0.933. The molecular formula is C15H29N3. The zero-order valence-electron chi connectivity index (χ0n) is 12.5. The van der Waals surface area contributed by atoms with Crippen LogP contribution in [0.3, 0.4) is 0 Å². The topological polar surface area (TPSA) is 39.1 Å². The van der Waals surface area contributed by atoms with Gasteiger partial charge in [-0.25, -0.2) is 0 Å². The van der Waals surface area contributed by atoms with Gasteiger partial charge in [-0.1, -0.05) is 13.3 Å². The maximum atomic E-state index is 9.54. The monoisotopic (exact) mass is 251 g/mol. The second kappa shape index (κ2) is 7.11. The molecule has 0 saturated heterocycles. The molecule has 1 fully saturated rings. The summed E-state index contributed by atoms with van der Waals surface area (Å²) < 4.78 is 0. The SMILES string of the molecule is CCCCN(C)C1CCCC(C#N)(NC(C)C)C1. The van der Waals surface area contributed by atoms with E-state index >= 15 is 0 Å².